The number of rotatable bonds is 3. The van der Waals surface area contributed by atoms with E-state index in [1.54, 1.807) is 37.3 Å². The van der Waals surface area contributed by atoms with Gasteiger partial charge in [0.1, 0.15) is 0 Å². The Labute approximate surface area is 171 Å². The first-order valence-corrected chi connectivity index (χ1v) is 9.15. The molecule has 0 radical (unpaired) electrons. The zero-order valence-corrected chi connectivity index (χ0v) is 16.3. The molecule has 0 aromatic heterocycles. The van der Waals surface area contributed by atoms with Gasteiger partial charge in [-0.15, -0.1) is 0 Å². The van der Waals surface area contributed by atoms with Crippen LogP contribution in [0.5, 0.6) is 0 Å². The fourth-order valence-corrected chi connectivity index (χ4v) is 3.50. The smallest absolute Gasteiger partial charge is 0.365 e. The number of nitrogens with one attached hydrogen (secondary N) is 1. The van der Waals surface area contributed by atoms with Gasteiger partial charge in [0, 0.05) is 25.2 Å². The lowest BCUT2D eigenvalue weighted by atomic mass is 10.1. The number of fused-ring (bicyclic) bond motifs is 1. The van der Waals surface area contributed by atoms with Gasteiger partial charge < -0.3 is 15.1 Å². The molecule has 0 spiro atoms. The first-order valence-electron chi connectivity index (χ1n) is 9.15. The number of alkyl halides is 3. The number of para-hydroxylation sites is 2. The standard InChI is InChI=1S/C21H19F3N4O2/c1-13-9-19(29)26-16-5-3-4-6-18(16)28(13)20(30)12-27(2)17-8-7-14(11-25)10-15(17)21(22,23)24/h3-8,10,13H,9,12H2,1-2H3,(H,26,29). The van der Waals surface area contributed by atoms with Crippen LogP contribution in [-0.2, 0) is 15.8 Å². The van der Waals surface area contributed by atoms with E-state index in [0.717, 1.165) is 6.07 Å². The van der Waals surface area contributed by atoms with Crippen molar-refractivity contribution >= 4 is 28.9 Å². The lowest BCUT2D eigenvalue weighted by Gasteiger charge is -2.31. The second kappa shape index (κ2) is 8.06. The van der Waals surface area contributed by atoms with Crippen molar-refractivity contribution in [3.63, 3.8) is 0 Å². The summed E-state index contributed by atoms with van der Waals surface area (Å²) in [6.45, 7) is 1.37. The van der Waals surface area contributed by atoms with Crippen LogP contribution in [0.25, 0.3) is 0 Å². The summed E-state index contributed by atoms with van der Waals surface area (Å²) in [7, 11) is 1.38. The molecule has 2 aromatic rings. The third-order valence-corrected chi connectivity index (χ3v) is 4.84. The molecule has 156 valence electrons. The maximum atomic E-state index is 13.5. The largest absolute Gasteiger partial charge is 0.418 e. The molecule has 0 saturated heterocycles. The Bertz CT molecular complexity index is 1030. The number of hydrogen-bond donors (Lipinski definition) is 1. The fourth-order valence-electron chi connectivity index (χ4n) is 3.50. The molecular weight excluding hydrogens is 397 g/mol. The molecular formula is C21H19F3N4O2. The molecule has 0 fully saturated rings. The van der Waals surface area contributed by atoms with Gasteiger partial charge in [-0.3, -0.25) is 9.59 Å². The molecule has 0 saturated carbocycles. The van der Waals surface area contributed by atoms with Gasteiger partial charge in [0.05, 0.1) is 35.1 Å². The monoisotopic (exact) mass is 416 g/mol. The highest BCUT2D eigenvalue weighted by Gasteiger charge is 2.36. The highest BCUT2D eigenvalue weighted by atomic mass is 19.4. The van der Waals surface area contributed by atoms with Crippen molar-refractivity contribution in [3.8, 4) is 6.07 Å². The van der Waals surface area contributed by atoms with Crippen molar-refractivity contribution in [1.82, 2.24) is 0 Å². The zero-order chi connectivity index (χ0) is 22.1. The molecule has 30 heavy (non-hydrogen) atoms. The van der Waals surface area contributed by atoms with Gasteiger partial charge in [-0.1, -0.05) is 12.1 Å². The number of carbonyl (C=O) groups excluding carboxylic acids is 2. The molecule has 2 aromatic carbocycles. The lowest BCUT2D eigenvalue weighted by molar-refractivity contribution is -0.137. The van der Waals surface area contributed by atoms with Gasteiger partial charge in [0.15, 0.2) is 0 Å². The van der Waals surface area contributed by atoms with Crippen LogP contribution in [0, 0.1) is 11.3 Å². The molecule has 3 rings (SSSR count). The minimum atomic E-state index is -4.68. The van der Waals surface area contributed by atoms with Crippen LogP contribution in [0.3, 0.4) is 0 Å². The summed E-state index contributed by atoms with van der Waals surface area (Å²) in [5, 5.41) is 11.7. The van der Waals surface area contributed by atoms with Gasteiger partial charge in [-0.2, -0.15) is 18.4 Å². The van der Waals surface area contributed by atoms with Crippen LogP contribution in [0.2, 0.25) is 0 Å². The number of nitrogens with zero attached hydrogens (tertiary/aromatic N) is 3. The van der Waals surface area contributed by atoms with E-state index in [4.69, 9.17) is 5.26 Å². The molecule has 2 amide bonds. The summed E-state index contributed by atoms with van der Waals surface area (Å²) in [6, 6.07) is 11.2. The quantitative estimate of drug-likeness (QED) is 0.826. The Morgan fingerprint density at radius 1 is 1.30 bits per heavy atom. The molecule has 1 heterocycles. The summed E-state index contributed by atoms with van der Waals surface area (Å²) in [5.41, 5.74) is -0.356. The second-order valence-electron chi connectivity index (χ2n) is 7.08. The molecule has 1 aliphatic rings. The van der Waals surface area contributed by atoms with Crippen molar-refractivity contribution in [1.29, 1.82) is 5.26 Å². The topological polar surface area (TPSA) is 76.4 Å². The molecule has 9 heteroatoms. The summed E-state index contributed by atoms with van der Waals surface area (Å²) in [5.74, 6) is -0.698. The van der Waals surface area contributed by atoms with E-state index in [0.29, 0.717) is 11.4 Å². The average Bonchev–Trinajstić information content (AvgIpc) is 2.80. The van der Waals surface area contributed by atoms with Gasteiger partial charge in [0.2, 0.25) is 11.8 Å². The van der Waals surface area contributed by atoms with Crippen LogP contribution in [-0.4, -0.2) is 31.4 Å². The van der Waals surface area contributed by atoms with Crippen molar-refractivity contribution in [2.24, 2.45) is 0 Å². The van der Waals surface area contributed by atoms with E-state index in [-0.39, 0.29) is 30.1 Å². The van der Waals surface area contributed by atoms with Crippen LogP contribution >= 0.6 is 0 Å². The Morgan fingerprint density at radius 3 is 2.67 bits per heavy atom. The molecule has 1 atom stereocenters. The van der Waals surface area contributed by atoms with Crippen molar-refractivity contribution < 1.29 is 22.8 Å². The number of hydrogen-bond acceptors (Lipinski definition) is 4. The molecule has 1 unspecified atom stereocenters. The van der Waals surface area contributed by atoms with Gasteiger partial charge in [-0.05, 0) is 37.3 Å². The van der Waals surface area contributed by atoms with Crippen molar-refractivity contribution in [2.75, 3.05) is 28.7 Å². The highest BCUT2D eigenvalue weighted by Crippen LogP contribution is 2.37. The van der Waals surface area contributed by atoms with Crippen molar-refractivity contribution in [3.05, 3.63) is 53.6 Å². The number of carbonyl (C=O) groups is 2. The lowest BCUT2D eigenvalue weighted by Crippen LogP contribution is -2.44. The first kappa shape index (κ1) is 21.2. The molecule has 0 aliphatic carbocycles. The number of likely N-dealkylation sites (N-methyl/N-ethyl adjacent to an activating group) is 1. The third-order valence-electron chi connectivity index (χ3n) is 4.84. The predicted molar refractivity (Wildman–Crippen MR) is 106 cm³/mol. The number of benzene rings is 2. The van der Waals surface area contributed by atoms with Gasteiger partial charge in [0.25, 0.3) is 0 Å². The molecule has 1 aliphatic heterocycles. The summed E-state index contributed by atoms with van der Waals surface area (Å²) in [4.78, 5) is 27.8. The minimum Gasteiger partial charge on any atom is -0.365 e. The summed E-state index contributed by atoms with van der Waals surface area (Å²) >= 11 is 0. The zero-order valence-electron chi connectivity index (χ0n) is 16.3. The SMILES string of the molecule is CC1CC(=O)Nc2ccccc2N1C(=O)CN(C)c1ccc(C#N)cc1C(F)(F)F. The number of anilines is 3. The third kappa shape index (κ3) is 4.22. The van der Waals surface area contributed by atoms with E-state index < -0.39 is 23.7 Å². The van der Waals surface area contributed by atoms with E-state index in [1.165, 1.54) is 29.0 Å². The summed E-state index contributed by atoms with van der Waals surface area (Å²) in [6.07, 6.45) is -4.62. The van der Waals surface area contributed by atoms with Crippen LogP contribution < -0.4 is 15.1 Å². The maximum Gasteiger partial charge on any atom is 0.418 e. The van der Waals surface area contributed by atoms with E-state index in [9.17, 15) is 22.8 Å². The molecule has 0 bridgehead atoms. The number of nitriles is 1. The van der Waals surface area contributed by atoms with Crippen molar-refractivity contribution in [2.45, 2.75) is 25.6 Å². The number of halogens is 3. The van der Waals surface area contributed by atoms with E-state index >= 15 is 0 Å². The Hall–Kier alpha value is -3.54. The van der Waals surface area contributed by atoms with Crippen LogP contribution in [0.15, 0.2) is 42.5 Å². The predicted octanol–water partition coefficient (Wildman–Crippen LogP) is 3.78. The van der Waals surface area contributed by atoms with E-state index in [2.05, 4.69) is 5.32 Å². The Balaban J connectivity index is 1.93. The maximum absolute atomic E-state index is 13.5. The Morgan fingerprint density at radius 2 is 2.00 bits per heavy atom. The first-order chi connectivity index (χ1) is 14.1. The minimum absolute atomic E-state index is 0.0643. The summed E-state index contributed by atoms with van der Waals surface area (Å²) < 4.78 is 40.5. The van der Waals surface area contributed by atoms with E-state index in [1.807, 2.05) is 0 Å². The second-order valence-corrected chi connectivity index (χ2v) is 7.08. The normalized spacial score (nSPS) is 16.2. The van der Waals surface area contributed by atoms with Gasteiger partial charge >= 0.3 is 6.18 Å². The van der Waals surface area contributed by atoms with Gasteiger partial charge in [-0.25, -0.2) is 0 Å². The molecule has 6 nitrogen and oxygen atoms in total. The van der Waals surface area contributed by atoms with Crippen LogP contribution in [0.1, 0.15) is 24.5 Å². The highest BCUT2D eigenvalue weighted by molar-refractivity contribution is 6.05. The Kier molecular flexibility index (Phi) is 5.69. The fraction of sp³-hybridized carbons (Fsp3) is 0.286. The van der Waals surface area contributed by atoms with Crippen LogP contribution in [0.4, 0.5) is 30.2 Å². The average molecular weight is 416 g/mol. The number of amides is 2. The molecule has 1 N–H and O–H groups in total.